The third-order valence-corrected chi connectivity index (χ3v) is 7.08. The molecule has 1 saturated heterocycles. The van der Waals surface area contributed by atoms with Gasteiger partial charge in [-0.25, -0.2) is 12.7 Å². The highest BCUT2D eigenvalue weighted by Crippen LogP contribution is 2.20. The summed E-state index contributed by atoms with van der Waals surface area (Å²) < 4.78 is 26.6. The summed E-state index contributed by atoms with van der Waals surface area (Å²) in [7, 11) is -1.48. The van der Waals surface area contributed by atoms with E-state index in [1.807, 2.05) is 18.4 Å². The zero-order valence-electron chi connectivity index (χ0n) is 11.5. The predicted molar refractivity (Wildman–Crippen MR) is 80.1 cm³/mol. The monoisotopic (exact) mass is 302 g/mol. The number of hydrogen-bond donors (Lipinski definition) is 1. The van der Waals surface area contributed by atoms with Gasteiger partial charge in [0.05, 0.1) is 5.25 Å². The number of nitrogens with zero attached hydrogens (tertiary/aromatic N) is 1. The first kappa shape index (κ1) is 15.0. The van der Waals surface area contributed by atoms with Crippen molar-refractivity contribution < 1.29 is 8.42 Å². The lowest BCUT2D eigenvalue weighted by Gasteiger charge is -2.31. The van der Waals surface area contributed by atoms with Gasteiger partial charge < -0.3 is 5.32 Å². The quantitative estimate of drug-likeness (QED) is 0.900. The van der Waals surface area contributed by atoms with Crippen LogP contribution >= 0.6 is 11.3 Å². The lowest BCUT2D eigenvalue weighted by atomic mass is 10.2. The van der Waals surface area contributed by atoms with E-state index >= 15 is 0 Å². The van der Waals surface area contributed by atoms with Gasteiger partial charge >= 0.3 is 0 Å². The average Bonchev–Trinajstić information content (AvgIpc) is 2.91. The Morgan fingerprint density at radius 2 is 2.37 bits per heavy atom. The Balaban J connectivity index is 2.02. The van der Waals surface area contributed by atoms with Gasteiger partial charge in [0.1, 0.15) is 0 Å². The summed E-state index contributed by atoms with van der Waals surface area (Å²) in [6.07, 6.45) is 2.50. The zero-order chi connectivity index (χ0) is 13.9. The summed E-state index contributed by atoms with van der Waals surface area (Å²) in [6.45, 7) is 3.49. The minimum atomic E-state index is -3.19. The number of thiophene rings is 1. The summed E-state index contributed by atoms with van der Waals surface area (Å²) >= 11 is 1.68. The molecule has 1 N–H and O–H groups in total. The van der Waals surface area contributed by atoms with Crippen LogP contribution in [0.5, 0.6) is 0 Å². The van der Waals surface area contributed by atoms with Gasteiger partial charge in [-0.05, 0) is 44.2 Å². The molecule has 1 aromatic rings. The summed E-state index contributed by atoms with van der Waals surface area (Å²) in [5.41, 5.74) is 0. The molecule has 1 aromatic heterocycles. The zero-order valence-corrected chi connectivity index (χ0v) is 13.1. The minimum absolute atomic E-state index is 0.00516. The van der Waals surface area contributed by atoms with E-state index in [0.29, 0.717) is 6.54 Å². The number of rotatable bonds is 5. The molecule has 0 bridgehead atoms. The Morgan fingerprint density at radius 3 is 2.95 bits per heavy atom. The predicted octanol–water partition coefficient (Wildman–Crippen LogP) is 1.69. The Kier molecular flexibility index (Phi) is 5.00. The van der Waals surface area contributed by atoms with Crippen LogP contribution in [0.25, 0.3) is 0 Å². The van der Waals surface area contributed by atoms with E-state index in [2.05, 4.69) is 11.4 Å². The number of likely N-dealkylation sites (N-methyl/N-ethyl adjacent to an activating group) is 1. The molecular formula is C13H22N2O2S2. The third kappa shape index (κ3) is 3.56. The molecule has 6 heteroatoms. The summed E-state index contributed by atoms with van der Waals surface area (Å²) in [6, 6.07) is 4.07. The standard InChI is InChI=1S/C13H22N2O2S2/c1-11(9-12-5-4-8-18-12)15(2)19(16,17)13-6-3-7-14-10-13/h4-5,8,11,13-14H,3,6-7,9-10H2,1-2H3. The molecule has 1 aliphatic heterocycles. The second-order valence-corrected chi connectivity index (χ2v) is 8.47. The Labute approximate surface area is 119 Å². The van der Waals surface area contributed by atoms with Gasteiger partial charge in [-0.3, -0.25) is 0 Å². The van der Waals surface area contributed by atoms with E-state index in [1.54, 1.807) is 22.7 Å². The van der Waals surface area contributed by atoms with Gasteiger partial charge in [-0.15, -0.1) is 11.3 Å². The highest BCUT2D eigenvalue weighted by Gasteiger charge is 2.33. The third-order valence-electron chi connectivity index (χ3n) is 3.77. The molecule has 0 radical (unpaired) electrons. The van der Waals surface area contributed by atoms with Crippen molar-refractivity contribution in [3.05, 3.63) is 22.4 Å². The molecular weight excluding hydrogens is 280 g/mol. The van der Waals surface area contributed by atoms with Gasteiger partial charge in [-0.2, -0.15) is 0 Å². The molecule has 19 heavy (non-hydrogen) atoms. The Morgan fingerprint density at radius 1 is 1.58 bits per heavy atom. The van der Waals surface area contributed by atoms with Crippen LogP contribution in [-0.2, 0) is 16.4 Å². The van der Waals surface area contributed by atoms with Gasteiger partial charge in [0.25, 0.3) is 0 Å². The fraction of sp³-hybridized carbons (Fsp3) is 0.692. The minimum Gasteiger partial charge on any atom is -0.315 e. The molecule has 0 aliphatic carbocycles. The van der Waals surface area contributed by atoms with E-state index in [0.717, 1.165) is 25.8 Å². The number of piperidine rings is 1. The molecule has 0 amide bonds. The molecule has 1 aliphatic rings. The van der Waals surface area contributed by atoms with Gasteiger partial charge in [0, 0.05) is 24.5 Å². The highest BCUT2D eigenvalue weighted by atomic mass is 32.2. The second kappa shape index (κ2) is 6.35. The largest absolute Gasteiger partial charge is 0.315 e. The number of nitrogens with one attached hydrogen (secondary N) is 1. The van der Waals surface area contributed by atoms with E-state index in [4.69, 9.17) is 0 Å². The summed E-state index contributed by atoms with van der Waals surface area (Å²) in [4.78, 5) is 1.23. The summed E-state index contributed by atoms with van der Waals surface area (Å²) in [5.74, 6) is 0. The summed E-state index contributed by atoms with van der Waals surface area (Å²) in [5, 5.41) is 4.94. The molecule has 2 atom stereocenters. The molecule has 0 saturated carbocycles. The lowest BCUT2D eigenvalue weighted by molar-refractivity contribution is 0.372. The van der Waals surface area contributed by atoms with Crippen LogP contribution < -0.4 is 5.32 Å². The van der Waals surface area contributed by atoms with Crippen LogP contribution in [-0.4, -0.2) is 44.2 Å². The van der Waals surface area contributed by atoms with Gasteiger partial charge in [0.15, 0.2) is 0 Å². The molecule has 0 spiro atoms. The van der Waals surface area contributed by atoms with Gasteiger partial charge in [-0.1, -0.05) is 6.07 Å². The van der Waals surface area contributed by atoms with Crippen molar-refractivity contribution in [3.8, 4) is 0 Å². The topological polar surface area (TPSA) is 49.4 Å². The molecule has 2 unspecified atom stereocenters. The van der Waals surface area contributed by atoms with Crippen molar-refractivity contribution in [2.75, 3.05) is 20.1 Å². The first-order chi connectivity index (χ1) is 9.01. The fourth-order valence-electron chi connectivity index (χ4n) is 2.41. The average molecular weight is 302 g/mol. The van der Waals surface area contributed by atoms with E-state index in [-0.39, 0.29) is 11.3 Å². The Bertz CT molecular complexity index is 479. The molecule has 2 rings (SSSR count). The van der Waals surface area contributed by atoms with Gasteiger partial charge in [0.2, 0.25) is 10.0 Å². The van der Waals surface area contributed by atoms with E-state index in [9.17, 15) is 8.42 Å². The normalized spacial score (nSPS) is 22.6. The molecule has 2 heterocycles. The van der Waals surface area contributed by atoms with E-state index < -0.39 is 10.0 Å². The van der Waals surface area contributed by atoms with Crippen LogP contribution in [0, 0.1) is 0 Å². The molecule has 0 aromatic carbocycles. The molecule has 108 valence electrons. The maximum atomic E-state index is 12.5. The van der Waals surface area contributed by atoms with Crippen molar-refractivity contribution in [1.29, 1.82) is 0 Å². The SMILES string of the molecule is CC(Cc1cccs1)N(C)S(=O)(=O)C1CCCNC1. The van der Waals surface area contributed by atoms with Crippen molar-refractivity contribution in [1.82, 2.24) is 9.62 Å². The smallest absolute Gasteiger partial charge is 0.218 e. The Hall–Kier alpha value is -0.430. The van der Waals surface area contributed by atoms with Crippen molar-refractivity contribution in [3.63, 3.8) is 0 Å². The van der Waals surface area contributed by atoms with Crippen LogP contribution in [0.4, 0.5) is 0 Å². The van der Waals surface area contributed by atoms with E-state index in [1.165, 1.54) is 4.88 Å². The highest BCUT2D eigenvalue weighted by molar-refractivity contribution is 7.89. The number of hydrogen-bond acceptors (Lipinski definition) is 4. The molecule has 1 fully saturated rings. The van der Waals surface area contributed by atoms with Crippen molar-refractivity contribution in [2.45, 2.75) is 37.5 Å². The second-order valence-electron chi connectivity index (χ2n) is 5.16. The maximum absolute atomic E-state index is 12.5. The fourth-order valence-corrected chi connectivity index (χ4v) is 5.07. The van der Waals surface area contributed by atoms with Crippen molar-refractivity contribution >= 4 is 21.4 Å². The first-order valence-electron chi connectivity index (χ1n) is 6.71. The van der Waals surface area contributed by atoms with Crippen LogP contribution in [0.1, 0.15) is 24.6 Å². The number of sulfonamides is 1. The van der Waals surface area contributed by atoms with Crippen LogP contribution in [0.2, 0.25) is 0 Å². The van der Waals surface area contributed by atoms with Crippen molar-refractivity contribution in [2.24, 2.45) is 0 Å². The maximum Gasteiger partial charge on any atom is 0.218 e. The lowest BCUT2D eigenvalue weighted by Crippen LogP contribution is -2.47. The van der Waals surface area contributed by atoms with Crippen LogP contribution in [0.3, 0.4) is 0 Å². The first-order valence-corrected chi connectivity index (χ1v) is 9.10. The molecule has 4 nitrogen and oxygen atoms in total. The van der Waals surface area contributed by atoms with Crippen LogP contribution in [0.15, 0.2) is 17.5 Å².